The number of aliphatic hydroxyl groups excluding tert-OH is 1. The molecule has 0 bridgehead atoms. The lowest BCUT2D eigenvalue weighted by Gasteiger charge is -2.07. The van der Waals surface area contributed by atoms with E-state index in [4.69, 9.17) is 5.11 Å². The first-order valence-corrected chi connectivity index (χ1v) is 5.66. The van der Waals surface area contributed by atoms with Gasteiger partial charge in [0, 0.05) is 19.6 Å². The zero-order valence-corrected chi connectivity index (χ0v) is 9.70. The summed E-state index contributed by atoms with van der Waals surface area (Å²) < 4.78 is 0. The number of hydrogen-bond acceptors (Lipinski definition) is 2. The van der Waals surface area contributed by atoms with Gasteiger partial charge in [0.25, 0.3) is 0 Å². The van der Waals surface area contributed by atoms with Crippen LogP contribution in [0.5, 0.6) is 0 Å². The molecule has 0 spiro atoms. The molecule has 3 nitrogen and oxygen atoms in total. The van der Waals surface area contributed by atoms with E-state index in [-0.39, 0.29) is 12.5 Å². The lowest BCUT2D eigenvalue weighted by atomic mass is 10.1. The molecule has 88 valence electrons. The van der Waals surface area contributed by atoms with Crippen LogP contribution in [0.3, 0.4) is 0 Å². The van der Waals surface area contributed by atoms with E-state index in [9.17, 15) is 4.79 Å². The van der Waals surface area contributed by atoms with Crippen molar-refractivity contribution >= 4 is 5.91 Å². The van der Waals surface area contributed by atoms with Gasteiger partial charge in [-0.3, -0.25) is 4.79 Å². The molecule has 16 heavy (non-hydrogen) atoms. The minimum atomic E-state index is 0.0163. The minimum absolute atomic E-state index is 0.0163. The number of nitrogens with one attached hydrogen (secondary N) is 1. The normalized spacial score (nSPS) is 10.1. The fourth-order valence-corrected chi connectivity index (χ4v) is 1.56. The smallest absolute Gasteiger partial charge is 0.220 e. The molecular formula is C13H19NO2. The average Bonchev–Trinajstić information content (AvgIpc) is 2.29. The second kappa shape index (κ2) is 7.01. The Hall–Kier alpha value is -1.35. The summed E-state index contributed by atoms with van der Waals surface area (Å²) in [5.74, 6) is 0.0163. The molecule has 1 amide bonds. The molecular weight excluding hydrogens is 202 g/mol. The molecule has 0 saturated heterocycles. The van der Waals surface area contributed by atoms with Crippen LogP contribution in [-0.4, -0.2) is 24.2 Å². The van der Waals surface area contributed by atoms with E-state index >= 15 is 0 Å². The number of aliphatic hydroxyl groups is 1. The first-order valence-electron chi connectivity index (χ1n) is 5.66. The Morgan fingerprint density at radius 3 is 2.81 bits per heavy atom. The largest absolute Gasteiger partial charge is 0.396 e. The number of amides is 1. The van der Waals surface area contributed by atoms with Crippen LogP contribution in [0.25, 0.3) is 0 Å². The standard InChI is InChI=1S/C13H19NO2/c1-11-5-2-3-6-12(11)8-9-14-13(16)7-4-10-15/h2-3,5-6,15H,4,7-10H2,1H3,(H,14,16). The van der Waals surface area contributed by atoms with Gasteiger partial charge in [-0.1, -0.05) is 24.3 Å². The summed E-state index contributed by atoms with van der Waals surface area (Å²) in [7, 11) is 0. The molecule has 0 aliphatic rings. The van der Waals surface area contributed by atoms with Crippen molar-refractivity contribution in [3.05, 3.63) is 35.4 Å². The van der Waals surface area contributed by atoms with Crippen LogP contribution in [0.1, 0.15) is 24.0 Å². The summed E-state index contributed by atoms with van der Waals surface area (Å²) >= 11 is 0. The van der Waals surface area contributed by atoms with E-state index in [0.717, 1.165) is 6.42 Å². The van der Waals surface area contributed by atoms with Crippen LogP contribution in [0, 0.1) is 6.92 Å². The van der Waals surface area contributed by atoms with Crippen LogP contribution in [0.2, 0.25) is 0 Å². The van der Waals surface area contributed by atoms with Gasteiger partial charge in [-0.2, -0.15) is 0 Å². The zero-order valence-electron chi connectivity index (χ0n) is 9.70. The molecule has 0 heterocycles. The van der Waals surface area contributed by atoms with Gasteiger partial charge in [-0.25, -0.2) is 0 Å². The number of aryl methyl sites for hydroxylation is 1. The zero-order chi connectivity index (χ0) is 11.8. The molecule has 0 unspecified atom stereocenters. The topological polar surface area (TPSA) is 49.3 Å². The van der Waals surface area contributed by atoms with E-state index in [0.29, 0.717) is 19.4 Å². The van der Waals surface area contributed by atoms with Crippen molar-refractivity contribution in [2.45, 2.75) is 26.2 Å². The van der Waals surface area contributed by atoms with Gasteiger partial charge in [0.05, 0.1) is 0 Å². The molecule has 0 fully saturated rings. The lowest BCUT2D eigenvalue weighted by molar-refractivity contribution is -0.121. The van der Waals surface area contributed by atoms with Crippen molar-refractivity contribution in [1.29, 1.82) is 0 Å². The average molecular weight is 221 g/mol. The summed E-state index contributed by atoms with van der Waals surface area (Å²) in [6.45, 7) is 2.81. The third-order valence-electron chi connectivity index (χ3n) is 2.54. The quantitative estimate of drug-likeness (QED) is 0.763. The van der Waals surface area contributed by atoms with Gasteiger partial charge in [0.2, 0.25) is 5.91 Å². The van der Waals surface area contributed by atoms with Crippen LogP contribution < -0.4 is 5.32 Å². The number of benzene rings is 1. The summed E-state index contributed by atoms with van der Waals surface area (Å²) in [5.41, 5.74) is 2.53. The third-order valence-corrected chi connectivity index (χ3v) is 2.54. The maximum absolute atomic E-state index is 11.3. The Morgan fingerprint density at radius 2 is 2.12 bits per heavy atom. The molecule has 1 aromatic carbocycles. The van der Waals surface area contributed by atoms with Gasteiger partial charge in [0.15, 0.2) is 0 Å². The molecule has 1 aromatic rings. The molecule has 0 radical (unpaired) electrons. The van der Waals surface area contributed by atoms with Crippen LogP contribution in [0.4, 0.5) is 0 Å². The van der Waals surface area contributed by atoms with Crippen molar-refractivity contribution in [1.82, 2.24) is 5.32 Å². The Morgan fingerprint density at radius 1 is 1.38 bits per heavy atom. The highest BCUT2D eigenvalue weighted by Gasteiger charge is 2.01. The Kier molecular flexibility index (Phi) is 5.57. The summed E-state index contributed by atoms with van der Waals surface area (Å²) in [6.07, 6.45) is 1.80. The molecule has 1 rings (SSSR count). The Labute approximate surface area is 96.5 Å². The first-order chi connectivity index (χ1) is 7.74. The number of carbonyl (C=O) groups excluding carboxylic acids is 1. The van der Waals surface area contributed by atoms with Gasteiger partial charge in [0.1, 0.15) is 0 Å². The molecule has 0 atom stereocenters. The van der Waals surface area contributed by atoms with E-state index in [1.165, 1.54) is 11.1 Å². The van der Waals surface area contributed by atoms with E-state index in [2.05, 4.69) is 24.4 Å². The molecule has 0 aliphatic heterocycles. The SMILES string of the molecule is Cc1ccccc1CCNC(=O)CCCO. The maximum Gasteiger partial charge on any atom is 0.220 e. The summed E-state index contributed by atoms with van der Waals surface area (Å²) in [6, 6.07) is 8.17. The van der Waals surface area contributed by atoms with Gasteiger partial charge in [-0.05, 0) is 30.9 Å². The van der Waals surface area contributed by atoms with Crippen molar-refractivity contribution in [2.24, 2.45) is 0 Å². The fourth-order valence-electron chi connectivity index (χ4n) is 1.56. The monoisotopic (exact) mass is 221 g/mol. The maximum atomic E-state index is 11.3. The first kappa shape index (κ1) is 12.7. The molecule has 2 N–H and O–H groups in total. The van der Waals surface area contributed by atoms with Crippen molar-refractivity contribution in [3.63, 3.8) is 0 Å². The number of hydrogen-bond donors (Lipinski definition) is 2. The van der Waals surface area contributed by atoms with Gasteiger partial charge in [-0.15, -0.1) is 0 Å². The number of rotatable bonds is 6. The Bertz CT molecular complexity index is 336. The molecule has 0 aromatic heterocycles. The number of carbonyl (C=O) groups is 1. The summed E-state index contributed by atoms with van der Waals surface area (Å²) in [5, 5.41) is 11.4. The highest BCUT2D eigenvalue weighted by molar-refractivity contribution is 5.75. The van der Waals surface area contributed by atoms with E-state index < -0.39 is 0 Å². The van der Waals surface area contributed by atoms with Crippen LogP contribution >= 0.6 is 0 Å². The van der Waals surface area contributed by atoms with Gasteiger partial charge >= 0.3 is 0 Å². The lowest BCUT2D eigenvalue weighted by Crippen LogP contribution is -2.25. The summed E-state index contributed by atoms with van der Waals surface area (Å²) in [4.78, 5) is 11.3. The Balaban J connectivity index is 2.25. The molecule has 3 heteroatoms. The van der Waals surface area contributed by atoms with Gasteiger partial charge < -0.3 is 10.4 Å². The molecule has 0 saturated carbocycles. The van der Waals surface area contributed by atoms with Crippen molar-refractivity contribution in [3.8, 4) is 0 Å². The van der Waals surface area contributed by atoms with E-state index in [1.807, 2.05) is 12.1 Å². The second-order valence-electron chi connectivity index (χ2n) is 3.85. The highest BCUT2D eigenvalue weighted by atomic mass is 16.3. The molecule has 0 aliphatic carbocycles. The van der Waals surface area contributed by atoms with Crippen molar-refractivity contribution < 1.29 is 9.90 Å². The second-order valence-corrected chi connectivity index (χ2v) is 3.85. The van der Waals surface area contributed by atoms with E-state index in [1.54, 1.807) is 0 Å². The van der Waals surface area contributed by atoms with Crippen LogP contribution in [-0.2, 0) is 11.2 Å². The minimum Gasteiger partial charge on any atom is -0.396 e. The fraction of sp³-hybridized carbons (Fsp3) is 0.462. The predicted molar refractivity (Wildman–Crippen MR) is 64.2 cm³/mol. The van der Waals surface area contributed by atoms with Crippen LogP contribution in [0.15, 0.2) is 24.3 Å². The van der Waals surface area contributed by atoms with Crippen molar-refractivity contribution in [2.75, 3.05) is 13.2 Å². The predicted octanol–water partition coefficient (Wildman–Crippen LogP) is 1.43. The third kappa shape index (κ3) is 4.45. The highest BCUT2D eigenvalue weighted by Crippen LogP contribution is 2.06.